The van der Waals surface area contributed by atoms with Gasteiger partial charge in [0.25, 0.3) is 5.56 Å². The Morgan fingerprint density at radius 3 is 2.83 bits per heavy atom. The Kier molecular flexibility index (Phi) is 3.78. The van der Waals surface area contributed by atoms with E-state index in [1.54, 1.807) is 11.7 Å². The number of fused-ring (bicyclic) bond motifs is 3. The molecule has 1 N–H and O–H groups in total. The summed E-state index contributed by atoms with van der Waals surface area (Å²) >= 11 is 2.84. The molecule has 0 unspecified atom stereocenters. The van der Waals surface area contributed by atoms with Crippen molar-refractivity contribution in [2.45, 2.75) is 10.8 Å². The first-order valence-corrected chi connectivity index (χ1v) is 9.03. The molecule has 122 valence electrons. The van der Waals surface area contributed by atoms with Crippen molar-refractivity contribution < 1.29 is 9.53 Å². The lowest BCUT2D eigenvalue weighted by Crippen LogP contribution is -2.21. The van der Waals surface area contributed by atoms with Crippen LogP contribution in [0, 0.1) is 0 Å². The van der Waals surface area contributed by atoms with Crippen LogP contribution in [0.5, 0.6) is 5.75 Å². The highest BCUT2D eigenvalue weighted by molar-refractivity contribution is 8.02. The molecule has 3 aromatic rings. The zero-order valence-electron chi connectivity index (χ0n) is 12.7. The Morgan fingerprint density at radius 1 is 1.29 bits per heavy atom. The lowest BCUT2D eigenvalue weighted by Gasteiger charge is -2.11. The van der Waals surface area contributed by atoms with Gasteiger partial charge in [-0.15, -0.1) is 23.1 Å². The van der Waals surface area contributed by atoms with Gasteiger partial charge in [0.1, 0.15) is 16.0 Å². The summed E-state index contributed by atoms with van der Waals surface area (Å²) in [6.45, 7) is 0.438. The Balaban J connectivity index is 1.73. The largest absolute Gasteiger partial charge is 0.497 e. The zero-order valence-corrected chi connectivity index (χ0v) is 14.4. The monoisotopic (exact) mass is 359 g/mol. The first kappa shape index (κ1) is 15.2. The highest BCUT2D eigenvalue weighted by atomic mass is 32.2. The number of hydrogen-bond acceptors (Lipinski definition) is 6. The minimum atomic E-state index is -0.0925. The molecule has 3 heterocycles. The van der Waals surface area contributed by atoms with Gasteiger partial charge in [0, 0.05) is 0 Å². The second-order valence-corrected chi connectivity index (χ2v) is 7.57. The molecular formula is C16H13N3O3S2. The SMILES string of the molecule is COc1ccc(Cn2cnc3c4c(sc3c2=O)SCC(=O)N4)cc1. The number of thiophene rings is 1. The topological polar surface area (TPSA) is 73.2 Å². The number of aromatic nitrogens is 2. The summed E-state index contributed by atoms with van der Waals surface area (Å²) in [6.07, 6.45) is 1.54. The fourth-order valence-corrected chi connectivity index (χ4v) is 4.72. The van der Waals surface area contributed by atoms with Crippen LogP contribution in [-0.2, 0) is 11.3 Å². The Bertz CT molecular complexity index is 992. The second-order valence-electron chi connectivity index (χ2n) is 5.30. The minimum Gasteiger partial charge on any atom is -0.497 e. The number of carbonyl (C=O) groups excluding carboxylic acids is 1. The molecule has 6 nitrogen and oxygen atoms in total. The third kappa shape index (κ3) is 2.57. The Hall–Kier alpha value is -2.32. The van der Waals surface area contributed by atoms with Gasteiger partial charge < -0.3 is 10.1 Å². The number of carbonyl (C=O) groups is 1. The van der Waals surface area contributed by atoms with E-state index in [0.717, 1.165) is 15.5 Å². The number of methoxy groups -OCH3 is 1. The number of benzene rings is 1. The van der Waals surface area contributed by atoms with E-state index in [4.69, 9.17) is 4.74 Å². The first-order valence-electron chi connectivity index (χ1n) is 7.23. The standard InChI is InChI=1S/C16H13N3O3S2/c1-22-10-4-2-9(3-5-10)6-19-8-17-12-13-16(23-7-11(20)18-13)24-14(12)15(19)21/h2-5,8H,6-7H2,1H3,(H,18,20). The van der Waals surface area contributed by atoms with E-state index in [0.29, 0.717) is 28.2 Å². The summed E-state index contributed by atoms with van der Waals surface area (Å²) in [5.41, 5.74) is 2.14. The van der Waals surface area contributed by atoms with Gasteiger partial charge in [-0.2, -0.15) is 0 Å². The summed E-state index contributed by atoms with van der Waals surface area (Å²) in [6, 6.07) is 7.57. The predicted octanol–water partition coefficient (Wildman–Crippen LogP) is 2.56. The highest BCUT2D eigenvalue weighted by Crippen LogP contribution is 2.42. The zero-order chi connectivity index (χ0) is 16.7. The molecule has 24 heavy (non-hydrogen) atoms. The molecule has 0 aliphatic carbocycles. The van der Waals surface area contributed by atoms with Crippen molar-refractivity contribution in [1.29, 1.82) is 0 Å². The van der Waals surface area contributed by atoms with E-state index in [9.17, 15) is 9.59 Å². The number of ether oxygens (including phenoxy) is 1. The second kappa shape index (κ2) is 5.95. The van der Waals surface area contributed by atoms with Crippen LogP contribution in [0.1, 0.15) is 5.56 Å². The van der Waals surface area contributed by atoms with Gasteiger partial charge in [-0.3, -0.25) is 14.2 Å². The van der Waals surface area contributed by atoms with Crippen LogP contribution < -0.4 is 15.6 Å². The van der Waals surface area contributed by atoms with Crippen molar-refractivity contribution in [2.24, 2.45) is 0 Å². The maximum absolute atomic E-state index is 12.7. The molecule has 0 atom stereocenters. The molecule has 1 aliphatic rings. The Labute approximate surface area is 145 Å². The van der Waals surface area contributed by atoms with Gasteiger partial charge in [-0.1, -0.05) is 12.1 Å². The molecule has 0 fully saturated rings. The van der Waals surface area contributed by atoms with Crippen LogP contribution in [0.2, 0.25) is 0 Å². The lowest BCUT2D eigenvalue weighted by molar-refractivity contribution is -0.113. The molecule has 1 amide bonds. The van der Waals surface area contributed by atoms with Gasteiger partial charge in [0.2, 0.25) is 5.91 Å². The molecule has 1 aromatic carbocycles. The molecule has 0 saturated carbocycles. The lowest BCUT2D eigenvalue weighted by atomic mass is 10.2. The fraction of sp³-hybridized carbons (Fsp3) is 0.188. The summed E-state index contributed by atoms with van der Waals surface area (Å²) in [5.74, 6) is 1.09. The molecule has 4 rings (SSSR count). The number of nitrogens with one attached hydrogen (secondary N) is 1. The van der Waals surface area contributed by atoms with Crippen LogP contribution >= 0.6 is 23.1 Å². The van der Waals surface area contributed by atoms with E-state index in [1.807, 2.05) is 24.3 Å². The first-order chi connectivity index (χ1) is 11.7. The van der Waals surface area contributed by atoms with E-state index < -0.39 is 0 Å². The molecule has 8 heteroatoms. The molecule has 0 spiro atoms. The van der Waals surface area contributed by atoms with Gasteiger partial charge in [-0.25, -0.2) is 4.98 Å². The molecule has 0 radical (unpaired) electrons. The van der Waals surface area contributed by atoms with E-state index in [2.05, 4.69) is 10.3 Å². The summed E-state index contributed by atoms with van der Waals surface area (Å²) in [5, 5.41) is 2.82. The average Bonchev–Trinajstić information content (AvgIpc) is 2.97. The molecule has 1 aliphatic heterocycles. The van der Waals surface area contributed by atoms with E-state index in [1.165, 1.54) is 29.4 Å². The van der Waals surface area contributed by atoms with Crippen LogP contribution in [-0.4, -0.2) is 28.3 Å². The average molecular weight is 359 g/mol. The maximum Gasteiger partial charge on any atom is 0.271 e. The third-order valence-corrected chi connectivity index (χ3v) is 6.18. The van der Waals surface area contributed by atoms with Crippen LogP contribution in [0.3, 0.4) is 0 Å². The van der Waals surface area contributed by atoms with Gasteiger partial charge in [-0.05, 0) is 17.7 Å². The summed E-state index contributed by atoms with van der Waals surface area (Å²) < 4.78 is 8.24. The molecule has 0 saturated heterocycles. The van der Waals surface area contributed by atoms with Crippen molar-refractivity contribution >= 4 is 44.9 Å². The number of nitrogens with zero attached hydrogens (tertiary/aromatic N) is 2. The number of hydrogen-bond donors (Lipinski definition) is 1. The van der Waals surface area contributed by atoms with Gasteiger partial charge >= 0.3 is 0 Å². The van der Waals surface area contributed by atoms with Crippen LogP contribution in [0.4, 0.5) is 5.69 Å². The smallest absolute Gasteiger partial charge is 0.271 e. The number of rotatable bonds is 3. The normalized spacial score (nSPS) is 13.6. The van der Waals surface area contributed by atoms with Gasteiger partial charge in [0.05, 0.1) is 35.6 Å². The predicted molar refractivity (Wildman–Crippen MR) is 95.3 cm³/mol. The number of anilines is 1. The molecule has 0 bridgehead atoms. The maximum atomic E-state index is 12.7. The highest BCUT2D eigenvalue weighted by Gasteiger charge is 2.23. The summed E-state index contributed by atoms with van der Waals surface area (Å²) in [7, 11) is 1.62. The van der Waals surface area contributed by atoms with Crippen molar-refractivity contribution in [3.63, 3.8) is 0 Å². The quantitative estimate of drug-likeness (QED) is 0.778. The van der Waals surface area contributed by atoms with Crippen molar-refractivity contribution in [1.82, 2.24) is 9.55 Å². The van der Waals surface area contributed by atoms with Crippen LogP contribution in [0.15, 0.2) is 39.6 Å². The molecule has 2 aromatic heterocycles. The number of thioether (sulfide) groups is 1. The minimum absolute atomic E-state index is 0.0589. The third-order valence-electron chi connectivity index (χ3n) is 3.74. The molecular weight excluding hydrogens is 346 g/mol. The van der Waals surface area contributed by atoms with Crippen molar-refractivity contribution in [3.05, 3.63) is 46.5 Å². The number of amides is 1. The van der Waals surface area contributed by atoms with E-state index in [-0.39, 0.29) is 11.5 Å². The van der Waals surface area contributed by atoms with E-state index >= 15 is 0 Å². The Morgan fingerprint density at radius 2 is 2.08 bits per heavy atom. The van der Waals surface area contributed by atoms with Crippen molar-refractivity contribution in [3.8, 4) is 5.75 Å². The van der Waals surface area contributed by atoms with Gasteiger partial charge in [0.15, 0.2) is 0 Å². The van der Waals surface area contributed by atoms with Crippen LogP contribution in [0.25, 0.3) is 10.2 Å². The summed E-state index contributed by atoms with van der Waals surface area (Å²) in [4.78, 5) is 28.7. The fourth-order valence-electron chi connectivity index (χ4n) is 2.54. The van der Waals surface area contributed by atoms with Crippen molar-refractivity contribution in [2.75, 3.05) is 18.2 Å².